The number of nitrogens with zero attached hydrogens (tertiary/aromatic N) is 4. The third-order valence-electron chi connectivity index (χ3n) is 8.64. The van der Waals surface area contributed by atoms with Gasteiger partial charge in [-0.05, 0) is 75.4 Å². The summed E-state index contributed by atoms with van der Waals surface area (Å²) in [5.74, 6) is -2.12. The number of amides is 3. The molecule has 1 aliphatic rings. The number of aromatic nitrogens is 3. The number of carbonyl (C=O) groups is 3. The summed E-state index contributed by atoms with van der Waals surface area (Å²) in [6, 6.07) is 15.4. The lowest BCUT2D eigenvalue weighted by molar-refractivity contribution is -0.141. The molecule has 10 nitrogen and oxygen atoms in total. The van der Waals surface area contributed by atoms with E-state index in [4.69, 9.17) is 4.74 Å². The summed E-state index contributed by atoms with van der Waals surface area (Å²) in [4.78, 5) is 46.9. The number of anilines is 1. The van der Waals surface area contributed by atoms with E-state index in [9.17, 15) is 22.8 Å². The van der Waals surface area contributed by atoms with Crippen LogP contribution >= 0.6 is 0 Å². The number of carbonyl (C=O) groups excluding carboxylic acids is 3. The van der Waals surface area contributed by atoms with Gasteiger partial charge in [0.2, 0.25) is 5.91 Å². The van der Waals surface area contributed by atoms with Gasteiger partial charge in [-0.3, -0.25) is 19.5 Å². The highest BCUT2D eigenvalue weighted by Crippen LogP contribution is 2.43. The first kappa shape index (κ1) is 38.9. The Bertz CT molecular complexity index is 1950. The Hall–Kier alpha value is -5.27. The lowest BCUT2D eigenvalue weighted by atomic mass is 9.87. The van der Waals surface area contributed by atoms with Gasteiger partial charge in [-0.15, -0.1) is 0 Å². The van der Waals surface area contributed by atoms with Crippen LogP contribution in [0.25, 0.3) is 5.69 Å². The molecule has 53 heavy (non-hydrogen) atoms. The molecule has 2 aromatic heterocycles. The average Bonchev–Trinajstić information content (AvgIpc) is 3.80. The molecule has 0 aliphatic heterocycles. The second-order valence-electron chi connectivity index (χ2n) is 15.2. The molecule has 4 aromatic rings. The van der Waals surface area contributed by atoms with Crippen molar-refractivity contribution in [2.75, 3.05) is 4.90 Å². The molecule has 0 bridgehead atoms. The molecule has 1 aliphatic carbocycles. The van der Waals surface area contributed by atoms with Gasteiger partial charge in [-0.25, -0.2) is 13.9 Å². The maximum atomic E-state index is 16.1. The van der Waals surface area contributed by atoms with E-state index in [1.165, 1.54) is 42.7 Å². The SMILES string of the molecule is CC(C)(C)OC(=O)NCc1cccc(-n2nc(C(F)(F)F)cc2C(=O)N(c2ccccc2F)C(CCC2CC2)(NC(=O)C(C)(C)C)c2cccnc2)c1. The van der Waals surface area contributed by atoms with Gasteiger partial charge in [0, 0.05) is 36.0 Å². The molecule has 1 unspecified atom stereocenters. The fourth-order valence-electron chi connectivity index (χ4n) is 5.77. The minimum Gasteiger partial charge on any atom is -0.444 e. The molecule has 2 N–H and O–H groups in total. The van der Waals surface area contributed by atoms with Crippen LogP contribution in [0.4, 0.5) is 28.0 Å². The molecule has 0 radical (unpaired) electrons. The number of halogens is 4. The first-order valence-corrected chi connectivity index (χ1v) is 17.3. The predicted molar refractivity (Wildman–Crippen MR) is 190 cm³/mol. The van der Waals surface area contributed by atoms with E-state index in [1.54, 1.807) is 65.8 Å². The van der Waals surface area contributed by atoms with Crippen molar-refractivity contribution in [1.29, 1.82) is 0 Å². The Morgan fingerprint density at radius 3 is 2.26 bits per heavy atom. The van der Waals surface area contributed by atoms with Crippen molar-refractivity contribution in [2.24, 2.45) is 11.3 Å². The standard InChI is InChI=1S/C39H44F4N6O4/c1-36(2,3)34(51)46-38(19-18-25-16-17-25,27-12-10-20-44-24-27)48(30-15-8-7-14-29(30)40)33(50)31-22-32(39(41,42)43)47-49(31)28-13-9-11-26(21-28)23-45-35(52)53-37(4,5)6/h7-15,20-22,24-25H,16-19,23H2,1-6H3,(H,45,52)(H,46,51). The van der Waals surface area contributed by atoms with Gasteiger partial charge in [-0.1, -0.05) is 63.9 Å². The number of alkyl carbamates (subject to hydrolysis) is 1. The van der Waals surface area contributed by atoms with Crippen molar-refractivity contribution in [2.45, 2.75) is 91.2 Å². The topological polar surface area (TPSA) is 118 Å². The summed E-state index contributed by atoms with van der Waals surface area (Å²) in [5, 5.41) is 9.49. The van der Waals surface area contributed by atoms with Crippen LogP contribution in [-0.2, 0) is 27.9 Å². The highest BCUT2D eigenvalue weighted by molar-refractivity contribution is 6.07. The van der Waals surface area contributed by atoms with Crippen molar-refractivity contribution in [1.82, 2.24) is 25.4 Å². The lowest BCUT2D eigenvalue weighted by Gasteiger charge is -2.46. The summed E-state index contributed by atoms with van der Waals surface area (Å²) in [6.07, 6.45) is -0.258. The molecule has 2 heterocycles. The molecule has 5 rings (SSSR count). The summed E-state index contributed by atoms with van der Waals surface area (Å²) in [5.41, 5.74) is -4.90. The van der Waals surface area contributed by atoms with Crippen molar-refractivity contribution < 1.29 is 36.7 Å². The number of rotatable bonds is 11. The Kier molecular flexibility index (Phi) is 11.0. The monoisotopic (exact) mass is 736 g/mol. The van der Waals surface area contributed by atoms with Crippen LogP contribution in [0.2, 0.25) is 0 Å². The van der Waals surface area contributed by atoms with Gasteiger partial charge >= 0.3 is 12.3 Å². The van der Waals surface area contributed by atoms with Crippen LogP contribution in [-0.4, -0.2) is 38.3 Å². The number of pyridine rings is 1. The predicted octanol–water partition coefficient (Wildman–Crippen LogP) is 8.30. The second-order valence-corrected chi connectivity index (χ2v) is 15.2. The zero-order chi connectivity index (χ0) is 38.8. The zero-order valence-electron chi connectivity index (χ0n) is 30.6. The molecule has 282 valence electrons. The Morgan fingerprint density at radius 1 is 0.943 bits per heavy atom. The number of para-hydroxylation sites is 1. The minimum atomic E-state index is -4.97. The van der Waals surface area contributed by atoms with Crippen LogP contribution in [0.3, 0.4) is 0 Å². The number of ether oxygens (including phenoxy) is 1. The Labute approximate surface area is 305 Å². The maximum absolute atomic E-state index is 16.1. The number of benzene rings is 2. The van der Waals surface area contributed by atoms with E-state index in [1.807, 2.05) is 0 Å². The van der Waals surface area contributed by atoms with Gasteiger partial charge in [-0.2, -0.15) is 18.3 Å². The third kappa shape index (κ3) is 9.40. The van der Waals surface area contributed by atoms with E-state index < -0.39 is 58.0 Å². The number of nitrogens with one attached hydrogen (secondary N) is 2. The Balaban J connectivity index is 1.72. The quantitative estimate of drug-likeness (QED) is 0.118. The normalized spacial score (nSPS) is 14.6. The van der Waals surface area contributed by atoms with Gasteiger partial charge in [0.05, 0.1) is 11.4 Å². The fraction of sp³-hybridized carbons (Fsp3) is 0.410. The van der Waals surface area contributed by atoms with Crippen molar-refractivity contribution in [3.63, 3.8) is 0 Å². The Morgan fingerprint density at radius 2 is 1.66 bits per heavy atom. The largest absolute Gasteiger partial charge is 0.444 e. The minimum absolute atomic E-state index is 0.0507. The molecule has 3 amide bonds. The number of hydrogen-bond donors (Lipinski definition) is 2. The van der Waals surface area contributed by atoms with Gasteiger partial charge in [0.15, 0.2) is 5.69 Å². The summed E-state index contributed by atoms with van der Waals surface area (Å²) < 4.78 is 65.4. The van der Waals surface area contributed by atoms with Gasteiger partial charge < -0.3 is 15.4 Å². The highest BCUT2D eigenvalue weighted by Gasteiger charge is 2.48. The highest BCUT2D eigenvalue weighted by atomic mass is 19.4. The smallest absolute Gasteiger partial charge is 0.435 e. The molecule has 1 atom stereocenters. The molecule has 0 spiro atoms. The molecule has 1 fully saturated rings. The van der Waals surface area contributed by atoms with Crippen LogP contribution in [0, 0.1) is 17.2 Å². The van der Waals surface area contributed by atoms with E-state index in [-0.39, 0.29) is 30.3 Å². The summed E-state index contributed by atoms with van der Waals surface area (Å²) in [6.45, 7) is 10.1. The van der Waals surface area contributed by atoms with E-state index in [0.717, 1.165) is 28.5 Å². The first-order chi connectivity index (χ1) is 24.8. The van der Waals surface area contributed by atoms with Crippen LogP contribution in [0.15, 0.2) is 79.1 Å². The van der Waals surface area contributed by atoms with Crippen molar-refractivity contribution in [3.05, 3.63) is 107 Å². The summed E-state index contributed by atoms with van der Waals surface area (Å²) >= 11 is 0. The molecular weight excluding hydrogens is 692 g/mol. The fourth-order valence-corrected chi connectivity index (χ4v) is 5.77. The molecule has 14 heteroatoms. The second kappa shape index (κ2) is 15.0. The molecule has 0 saturated heterocycles. The van der Waals surface area contributed by atoms with Crippen LogP contribution in [0.1, 0.15) is 94.5 Å². The van der Waals surface area contributed by atoms with Gasteiger partial charge in [0.25, 0.3) is 5.91 Å². The first-order valence-electron chi connectivity index (χ1n) is 17.3. The van der Waals surface area contributed by atoms with Crippen molar-refractivity contribution in [3.8, 4) is 5.69 Å². The average molecular weight is 737 g/mol. The molecule has 1 saturated carbocycles. The van der Waals surface area contributed by atoms with Crippen molar-refractivity contribution >= 4 is 23.6 Å². The third-order valence-corrected chi connectivity index (χ3v) is 8.64. The summed E-state index contributed by atoms with van der Waals surface area (Å²) in [7, 11) is 0. The number of hydrogen-bond acceptors (Lipinski definition) is 6. The zero-order valence-corrected chi connectivity index (χ0v) is 30.6. The molecular formula is C39H44F4N6O4. The number of alkyl halides is 3. The van der Waals surface area contributed by atoms with E-state index in [0.29, 0.717) is 23.6 Å². The molecule has 2 aromatic carbocycles. The van der Waals surface area contributed by atoms with Crippen LogP contribution < -0.4 is 15.5 Å². The lowest BCUT2D eigenvalue weighted by Crippen LogP contribution is -2.62. The van der Waals surface area contributed by atoms with Gasteiger partial charge in [0.1, 0.15) is 22.8 Å². The van der Waals surface area contributed by atoms with Crippen LogP contribution in [0.5, 0.6) is 0 Å². The maximum Gasteiger partial charge on any atom is 0.435 e. The van der Waals surface area contributed by atoms with E-state index >= 15 is 9.18 Å². The van der Waals surface area contributed by atoms with E-state index in [2.05, 4.69) is 20.7 Å².